The number of unbranched alkanes of at least 4 members (excludes halogenated alkanes) is 2. The van der Waals surface area contributed by atoms with Gasteiger partial charge in [0.05, 0.1) is 0 Å². The molecule has 3 rings (SSSR count). The van der Waals surface area contributed by atoms with E-state index in [2.05, 4.69) is 32.0 Å². The minimum atomic E-state index is 0.00449. The lowest BCUT2D eigenvalue weighted by molar-refractivity contribution is 0.319. The Labute approximate surface area is 146 Å². The number of benzene rings is 2. The molecule has 0 aliphatic heterocycles. The lowest BCUT2D eigenvalue weighted by Crippen LogP contribution is -2.12. The van der Waals surface area contributed by atoms with Crippen LogP contribution in [-0.2, 0) is 6.42 Å². The molecule has 24 heavy (non-hydrogen) atoms. The van der Waals surface area contributed by atoms with Crippen LogP contribution in [-0.4, -0.2) is 0 Å². The fraction of sp³-hybridized carbons (Fsp3) is 0.565. The van der Waals surface area contributed by atoms with Gasteiger partial charge in [-0.1, -0.05) is 63.4 Å². The van der Waals surface area contributed by atoms with Crippen molar-refractivity contribution in [3.8, 4) is 0 Å². The van der Waals surface area contributed by atoms with Crippen molar-refractivity contribution in [2.75, 3.05) is 0 Å². The minimum absolute atomic E-state index is 0.00449. The van der Waals surface area contributed by atoms with E-state index < -0.39 is 0 Å². The third kappa shape index (κ3) is 3.82. The van der Waals surface area contributed by atoms with Crippen LogP contribution >= 0.6 is 0 Å². The van der Waals surface area contributed by atoms with Crippen LogP contribution in [0, 0.1) is 11.7 Å². The first-order chi connectivity index (χ1) is 11.7. The lowest BCUT2D eigenvalue weighted by atomic mass is 9.77. The first-order valence-corrected chi connectivity index (χ1v) is 9.94. The summed E-state index contributed by atoms with van der Waals surface area (Å²) in [5.74, 6) is 1.60. The second-order valence-electron chi connectivity index (χ2n) is 7.60. The third-order valence-corrected chi connectivity index (χ3v) is 6.00. The maximum Gasteiger partial charge on any atom is 0.134 e. The molecule has 0 atom stereocenters. The van der Waals surface area contributed by atoms with Gasteiger partial charge in [0, 0.05) is 5.39 Å². The fourth-order valence-corrected chi connectivity index (χ4v) is 4.27. The molecule has 0 amide bonds. The summed E-state index contributed by atoms with van der Waals surface area (Å²) in [6, 6.07) is 10.6. The van der Waals surface area contributed by atoms with Crippen molar-refractivity contribution in [2.45, 2.75) is 77.6 Å². The molecule has 0 heterocycles. The van der Waals surface area contributed by atoms with Gasteiger partial charge in [0.1, 0.15) is 5.82 Å². The van der Waals surface area contributed by atoms with E-state index in [1.54, 1.807) is 0 Å². The van der Waals surface area contributed by atoms with E-state index >= 15 is 0 Å². The number of aryl methyl sites for hydroxylation is 1. The lowest BCUT2D eigenvalue weighted by Gasteiger charge is -2.28. The highest BCUT2D eigenvalue weighted by atomic mass is 19.1. The number of fused-ring (bicyclic) bond motifs is 1. The zero-order valence-electron chi connectivity index (χ0n) is 15.3. The number of hydrogen-bond donors (Lipinski definition) is 0. The Kier molecular flexibility index (Phi) is 5.92. The zero-order valence-corrected chi connectivity index (χ0v) is 15.3. The topological polar surface area (TPSA) is 0 Å². The number of rotatable bonds is 6. The molecule has 1 aliphatic rings. The van der Waals surface area contributed by atoms with Gasteiger partial charge >= 0.3 is 0 Å². The summed E-state index contributed by atoms with van der Waals surface area (Å²) in [6.07, 6.45) is 10.9. The predicted molar refractivity (Wildman–Crippen MR) is 102 cm³/mol. The van der Waals surface area contributed by atoms with Crippen molar-refractivity contribution >= 4 is 10.8 Å². The average molecular weight is 326 g/mol. The first-order valence-electron chi connectivity index (χ1n) is 9.94. The van der Waals surface area contributed by atoms with Crippen LogP contribution in [0.3, 0.4) is 0 Å². The predicted octanol–water partition coefficient (Wildman–Crippen LogP) is 7.40. The zero-order chi connectivity index (χ0) is 16.9. The maximum atomic E-state index is 14.8. The van der Waals surface area contributed by atoms with Gasteiger partial charge in [-0.25, -0.2) is 4.39 Å². The largest absolute Gasteiger partial charge is 0.206 e. The van der Waals surface area contributed by atoms with Crippen LogP contribution in [0.2, 0.25) is 0 Å². The highest BCUT2D eigenvalue weighted by molar-refractivity contribution is 5.84. The summed E-state index contributed by atoms with van der Waals surface area (Å²) in [7, 11) is 0. The Bertz CT molecular complexity index is 665. The Morgan fingerprint density at radius 2 is 1.75 bits per heavy atom. The molecule has 1 heteroatoms. The van der Waals surface area contributed by atoms with Crippen LogP contribution in [0.15, 0.2) is 30.3 Å². The molecule has 1 fully saturated rings. The summed E-state index contributed by atoms with van der Waals surface area (Å²) in [6.45, 7) is 4.49. The fourth-order valence-electron chi connectivity index (χ4n) is 4.27. The molecule has 0 unspecified atom stereocenters. The van der Waals surface area contributed by atoms with Gasteiger partial charge in [-0.3, -0.25) is 0 Å². The minimum Gasteiger partial charge on any atom is -0.206 e. The van der Waals surface area contributed by atoms with Crippen molar-refractivity contribution in [3.05, 3.63) is 47.3 Å². The molecule has 130 valence electrons. The quantitative estimate of drug-likeness (QED) is 0.485. The maximum absolute atomic E-state index is 14.8. The number of halogens is 1. The molecule has 2 aromatic carbocycles. The summed E-state index contributed by atoms with van der Waals surface area (Å²) in [5.41, 5.74) is 2.29. The molecule has 1 aliphatic carbocycles. The van der Waals surface area contributed by atoms with Crippen molar-refractivity contribution < 1.29 is 4.39 Å². The Morgan fingerprint density at radius 3 is 2.46 bits per heavy atom. The van der Waals surface area contributed by atoms with E-state index in [0.29, 0.717) is 5.92 Å². The van der Waals surface area contributed by atoms with E-state index in [1.807, 2.05) is 12.1 Å². The molecule has 1 saturated carbocycles. The van der Waals surface area contributed by atoms with Gasteiger partial charge in [0.15, 0.2) is 0 Å². The van der Waals surface area contributed by atoms with E-state index in [4.69, 9.17) is 0 Å². The number of hydrogen-bond acceptors (Lipinski definition) is 0. The van der Waals surface area contributed by atoms with Gasteiger partial charge in [0.25, 0.3) is 0 Å². The van der Waals surface area contributed by atoms with Crippen LogP contribution in [0.4, 0.5) is 4.39 Å². The molecular formula is C23H31F. The Balaban J connectivity index is 1.78. The highest BCUT2D eigenvalue weighted by Crippen LogP contribution is 2.38. The van der Waals surface area contributed by atoms with E-state index in [9.17, 15) is 4.39 Å². The highest BCUT2D eigenvalue weighted by Gasteiger charge is 2.21. The van der Waals surface area contributed by atoms with E-state index in [0.717, 1.165) is 35.1 Å². The van der Waals surface area contributed by atoms with Crippen LogP contribution in [0.1, 0.15) is 82.3 Å². The summed E-state index contributed by atoms with van der Waals surface area (Å²) in [5, 5.41) is 1.87. The normalized spacial score (nSPS) is 21.3. The summed E-state index contributed by atoms with van der Waals surface area (Å²) < 4.78 is 14.8. The van der Waals surface area contributed by atoms with Gasteiger partial charge in [-0.2, -0.15) is 0 Å². The molecule has 0 saturated heterocycles. The van der Waals surface area contributed by atoms with Gasteiger partial charge in [-0.15, -0.1) is 0 Å². The van der Waals surface area contributed by atoms with Crippen molar-refractivity contribution in [1.82, 2.24) is 0 Å². The molecule has 0 N–H and O–H groups in total. The summed E-state index contributed by atoms with van der Waals surface area (Å²) >= 11 is 0. The van der Waals surface area contributed by atoms with Crippen LogP contribution < -0.4 is 0 Å². The average Bonchev–Trinajstić information content (AvgIpc) is 2.63. The van der Waals surface area contributed by atoms with Crippen molar-refractivity contribution in [1.29, 1.82) is 0 Å². The first kappa shape index (κ1) is 17.5. The summed E-state index contributed by atoms with van der Waals surface area (Å²) in [4.78, 5) is 0. The standard InChI is InChI=1S/C23H31F/c1-3-5-6-7-19-12-13-21-16-20(14-15-22(21)23(19)24)18-10-8-17(4-2)9-11-18/h12-18H,3-11H2,1-2H3. The third-order valence-electron chi connectivity index (χ3n) is 6.00. The second-order valence-corrected chi connectivity index (χ2v) is 7.60. The van der Waals surface area contributed by atoms with Gasteiger partial charge < -0.3 is 0 Å². The molecule has 0 bridgehead atoms. The molecule has 2 aromatic rings. The monoisotopic (exact) mass is 326 g/mol. The Morgan fingerprint density at radius 1 is 0.958 bits per heavy atom. The van der Waals surface area contributed by atoms with Gasteiger partial charge in [0.2, 0.25) is 0 Å². The van der Waals surface area contributed by atoms with Crippen molar-refractivity contribution in [3.63, 3.8) is 0 Å². The van der Waals surface area contributed by atoms with Gasteiger partial charge in [-0.05, 0) is 66.9 Å². The smallest absolute Gasteiger partial charge is 0.134 e. The molecule has 0 spiro atoms. The molecule has 0 nitrogen and oxygen atoms in total. The SMILES string of the molecule is CCCCCc1ccc2cc(C3CCC(CC)CC3)ccc2c1F. The molecular weight excluding hydrogens is 295 g/mol. The van der Waals surface area contributed by atoms with Crippen LogP contribution in [0.5, 0.6) is 0 Å². The van der Waals surface area contributed by atoms with E-state index in [-0.39, 0.29) is 5.82 Å². The molecule has 0 radical (unpaired) electrons. The van der Waals surface area contributed by atoms with Crippen LogP contribution in [0.25, 0.3) is 10.8 Å². The van der Waals surface area contributed by atoms with E-state index in [1.165, 1.54) is 50.5 Å². The molecule has 0 aromatic heterocycles. The Hall–Kier alpha value is -1.37. The second kappa shape index (κ2) is 8.14. The van der Waals surface area contributed by atoms with Crippen molar-refractivity contribution in [2.24, 2.45) is 5.92 Å².